The molecule has 0 amide bonds. The quantitative estimate of drug-likeness (QED) is 0.834. The fraction of sp³-hybridized carbons (Fsp3) is 0.692. The summed E-state index contributed by atoms with van der Waals surface area (Å²) in [6.45, 7) is 6.43. The van der Waals surface area contributed by atoms with Crippen LogP contribution >= 0.6 is 0 Å². The maximum Gasteiger partial charge on any atom is 0.135 e. The van der Waals surface area contributed by atoms with Crippen molar-refractivity contribution in [3.63, 3.8) is 0 Å². The summed E-state index contributed by atoms with van der Waals surface area (Å²) >= 11 is 0. The molecule has 0 atom stereocenters. The Labute approximate surface area is 102 Å². The van der Waals surface area contributed by atoms with Crippen LogP contribution in [-0.2, 0) is 19.4 Å². The SMILES string of the molecule is CCc1nc2c(c(N3CCCC3)n1)CCNC2. The van der Waals surface area contributed by atoms with E-state index in [2.05, 4.69) is 22.1 Å². The van der Waals surface area contributed by atoms with Gasteiger partial charge in [-0.15, -0.1) is 0 Å². The maximum absolute atomic E-state index is 4.77. The number of rotatable bonds is 2. The van der Waals surface area contributed by atoms with Gasteiger partial charge in [-0.1, -0.05) is 6.92 Å². The van der Waals surface area contributed by atoms with E-state index in [1.165, 1.54) is 43.0 Å². The molecule has 1 saturated heterocycles. The minimum Gasteiger partial charge on any atom is -0.356 e. The van der Waals surface area contributed by atoms with Crippen LogP contribution in [-0.4, -0.2) is 29.6 Å². The van der Waals surface area contributed by atoms with Gasteiger partial charge in [0.1, 0.15) is 11.6 Å². The monoisotopic (exact) mass is 232 g/mol. The smallest absolute Gasteiger partial charge is 0.135 e. The van der Waals surface area contributed by atoms with Crippen LogP contribution < -0.4 is 10.2 Å². The number of anilines is 1. The summed E-state index contributed by atoms with van der Waals surface area (Å²) < 4.78 is 0. The van der Waals surface area contributed by atoms with E-state index in [4.69, 9.17) is 4.98 Å². The number of nitrogens with one attached hydrogen (secondary N) is 1. The highest BCUT2D eigenvalue weighted by atomic mass is 15.2. The first-order chi connectivity index (χ1) is 8.38. The van der Waals surface area contributed by atoms with Gasteiger partial charge in [0.15, 0.2) is 0 Å². The fourth-order valence-corrected chi connectivity index (χ4v) is 2.74. The van der Waals surface area contributed by atoms with Crippen molar-refractivity contribution in [3.05, 3.63) is 17.1 Å². The lowest BCUT2D eigenvalue weighted by Crippen LogP contribution is -2.30. The molecule has 0 bridgehead atoms. The summed E-state index contributed by atoms with van der Waals surface area (Å²) in [6.07, 6.45) is 4.61. The van der Waals surface area contributed by atoms with Crippen molar-refractivity contribution in [2.75, 3.05) is 24.5 Å². The van der Waals surface area contributed by atoms with E-state index in [9.17, 15) is 0 Å². The first kappa shape index (κ1) is 11.0. The predicted molar refractivity (Wildman–Crippen MR) is 68.3 cm³/mol. The fourth-order valence-electron chi connectivity index (χ4n) is 2.74. The highest BCUT2D eigenvalue weighted by Crippen LogP contribution is 2.26. The van der Waals surface area contributed by atoms with Crippen molar-refractivity contribution in [2.24, 2.45) is 0 Å². The number of fused-ring (bicyclic) bond motifs is 1. The lowest BCUT2D eigenvalue weighted by Gasteiger charge is -2.25. The summed E-state index contributed by atoms with van der Waals surface area (Å²) in [6, 6.07) is 0. The van der Waals surface area contributed by atoms with Gasteiger partial charge < -0.3 is 10.2 Å². The van der Waals surface area contributed by atoms with Crippen LogP contribution in [0.2, 0.25) is 0 Å². The zero-order valence-electron chi connectivity index (χ0n) is 10.5. The van der Waals surface area contributed by atoms with Crippen LogP contribution in [0.15, 0.2) is 0 Å². The molecule has 4 heteroatoms. The normalized spacial score (nSPS) is 19.5. The molecule has 0 unspecified atom stereocenters. The molecule has 1 aromatic rings. The molecule has 0 spiro atoms. The van der Waals surface area contributed by atoms with Crippen LogP contribution in [0.3, 0.4) is 0 Å². The molecule has 4 nitrogen and oxygen atoms in total. The van der Waals surface area contributed by atoms with Gasteiger partial charge in [0.2, 0.25) is 0 Å². The minimum atomic E-state index is 0.908. The Morgan fingerprint density at radius 3 is 2.82 bits per heavy atom. The average molecular weight is 232 g/mol. The minimum absolute atomic E-state index is 0.908. The van der Waals surface area contributed by atoms with E-state index >= 15 is 0 Å². The number of hydrogen-bond donors (Lipinski definition) is 1. The van der Waals surface area contributed by atoms with E-state index in [1.54, 1.807) is 0 Å². The molecule has 92 valence electrons. The molecular weight excluding hydrogens is 212 g/mol. The first-order valence-electron chi connectivity index (χ1n) is 6.73. The molecule has 2 aliphatic heterocycles. The maximum atomic E-state index is 4.77. The first-order valence-corrected chi connectivity index (χ1v) is 6.73. The van der Waals surface area contributed by atoms with Gasteiger partial charge in [-0.05, 0) is 25.8 Å². The Bertz CT molecular complexity index is 410. The number of nitrogens with zero attached hydrogens (tertiary/aromatic N) is 3. The molecule has 0 radical (unpaired) electrons. The second kappa shape index (κ2) is 4.61. The molecule has 1 N–H and O–H groups in total. The molecule has 0 aliphatic carbocycles. The highest BCUT2D eigenvalue weighted by molar-refractivity contribution is 5.51. The van der Waals surface area contributed by atoms with Crippen molar-refractivity contribution in [1.29, 1.82) is 0 Å². The lowest BCUT2D eigenvalue weighted by atomic mass is 10.1. The average Bonchev–Trinajstić information content (AvgIpc) is 2.91. The standard InChI is InChI=1S/C13H20N4/c1-2-12-15-11-9-14-6-5-10(11)13(16-12)17-7-3-4-8-17/h14H,2-9H2,1H3. The Kier molecular flexibility index (Phi) is 2.97. The number of hydrogen-bond acceptors (Lipinski definition) is 4. The van der Waals surface area contributed by atoms with E-state index in [0.717, 1.165) is 31.8 Å². The number of aromatic nitrogens is 2. The van der Waals surface area contributed by atoms with Gasteiger partial charge in [-0.25, -0.2) is 9.97 Å². The third kappa shape index (κ3) is 2.02. The second-order valence-electron chi connectivity index (χ2n) is 4.86. The zero-order chi connectivity index (χ0) is 11.7. The van der Waals surface area contributed by atoms with Crippen LogP contribution in [0.4, 0.5) is 5.82 Å². The zero-order valence-corrected chi connectivity index (χ0v) is 10.5. The third-order valence-corrected chi connectivity index (χ3v) is 3.68. The van der Waals surface area contributed by atoms with Crippen molar-refractivity contribution >= 4 is 5.82 Å². The molecule has 17 heavy (non-hydrogen) atoms. The topological polar surface area (TPSA) is 41.1 Å². The van der Waals surface area contributed by atoms with Gasteiger partial charge in [0.05, 0.1) is 5.69 Å². The molecule has 0 saturated carbocycles. The summed E-state index contributed by atoms with van der Waals surface area (Å²) in [5.74, 6) is 2.22. The van der Waals surface area contributed by atoms with E-state index < -0.39 is 0 Å². The lowest BCUT2D eigenvalue weighted by molar-refractivity contribution is 0.615. The summed E-state index contributed by atoms with van der Waals surface area (Å²) in [4.78, 5) is 11.9. The molecule has 2 aliphatic rings. The van der Waals surface area contributed by atoms with Gasteiger partial charge in [-0.2, -0.15) is 0 Å². The Balaban J connectivity index is 2.04. The molecule has 0 aromatic carbocycles. The van der Waals surface area contributed by atoms with E-state index in [0.29, 0.717) is 0 Å². The second-order valence-corrected chi connectivity index (χ2v) is 4.86. The Morgan fingerprint density at radius 2 is 2.06 bits per heavy atom. The van der Waals surface area contributed by atoms with Gasteiger partial charge in [0.25, 0.3) is 0 Å². The van der Waals surface area contributed by atoms with Crippen LogP contribution in [0.1, 0.15) is 36.8 Å². The van der Waals surface area contributed by atoms with Gasteiger partial charge >= 0.3 is 0 Å². The Morgan fingerprint density at radius 1 is 1.24 bits per heavy atom. The third-order valence-electron chi connectivity index (χ3n) is 3.68. The summed E-state index contributed by atoms with van der Waals surface area (Å²) in [5.41, 5.74) is 2.62. The summed E-state index contributed by atoms with van der Waals surface area (Å²) in [7, 11) is 0. The number of aryl methyl sites for hydroxylation is 1. The van der Waals surface area contributed by atoms with Crippen molar-refractivity contribution in [2.45, 2.75) is 39.2 Å². The molecule has 1 aromatic heterocycles. The van der Waals surface area contributed by atoms with Crippen molar-refractivity contribution in [3.8, 4) is 0 Å². The Hall–Kier alpha value is -1.16. The van der Waals surface area contributed by atoms with Crippen molar-refractivity contribution in [1.82, 2.24) is 15.3 Å². The predicted octanol–water partition coefficient (Wildman–Crippen LogP) is 1.28. The molecule has 3 heterocycles. The van der Waals surface area contributed by atoms with Crippen LogP contribution in [0.5, 0.6) is 0 Å². The summed E-state index contributed by atoms with van der Waals surface area (Å²) in [5, 5.41) is 3.40. The van der Waals surface area contributed by atoms with Crippen LogP contribution in [0.25, 0.3) is 0 Å². The highest BCUT2D eigenvalue weighted by Gasteiger charge is 2.22. The largest absolute Gasteiger partial charge is 0.356 e. The molecule has 1 fully saturated rings. The van der Waals surface area contributed by atoms with Crippen molar-refractivity contribution < 1.29 is 0 Å². The van der Waals surface area contributed by atoms with Gasteiger partial charge in [0, 0.05) is 31.6 Å². The molecule has 3 rings (SSSR count). The van der Waals surface area contributed by atoms with E-state index in [1.807, 2.05) is 0 Å². The van der Waals surface area contributed by atoms with E-state index in [-0.39, 0.29) is 0 Å². The molecular formula is C13H20N4. The van der Waals surface area contributed by atoms with Gasteiger partial charge in [-0.3, -0.25) is 0 Å². The van der Waals surface area contributed by atoms with Crippen LogP contribution in [0, 0.1) is 0 Å².